The van der Waals surface area contributed by atoms with Crippen molar-refractivity contribution in [2.45, 2.75) is 13.3 Å². The number of nitrogens with two attached hydrogens (primary N) is 1. The van der Waals surface area contributed by atoms with Gasteiger partial charge in [0.2, 0.25) is 0 Å². The molecule has 0 amide bonds. The zero-order chi connectivity index (χ0) is 12.3. The van der Waals surface area contributed by atoms with Gasteiger partial charge >= 0.3 is 0 Å². The van der Waals surface area contributed by atoms with Crippen LogP contribution in [0.2, 0.25) is 0 Å². The summed E-state index contributed by atoms with van der Waals surface area (Å²) >= 11 is 0. The van der Waals surface area contributed by atoms with Gasteiger partial charge in [0.05, 0.1) is 0 Å². The fourth-order valence-electron chi connectivity index (χ4n) is 2.27. The molecular weight excluding hydrogens is 232 g/mol. The molecule has 3 nitrogen and oxygen atoms in total. The van der Waals surface area contributed by atoms with Gasteiger partial charge in [-0.05, 0) is 37.1 Å². The monoisotopic (exact) mass is 252 g/mol. The van der Waals surface area contributed by atoms with Crippen molar-refractivity contribution < 1.29 is 4.21 Å². The summed E-state index contributed by atoms with van der Waals surface area (Å²) in [6, 6.07) is 6.54. The van der Waals surface area contributed by atoms with Crippen molar-refractivity contribution in [3.05, 3.63) is 29.3 Å². The van der Waals surface area contributed by atoms with Crippen LogP contribution in [0.25, 0.3) is 0 Å². The highest BCUT2D eigenvalue weighted by atomic mass is 32.2. The average molecular weight is 252 g/mol. The lowest BCUT2D eigenvalue weighted by Gasteiger charge is -2.30. The minimum absolute atomic E-state index is 0.607. The first kappa shape index (κ1) is 12.6. The summed E-state index contributed by atoms with van der Waals surface area (Å²) < 4.78 is 11.3. The molecule has 0 bridgehead atoms. The van der Waals surface area contributed by atoms with Gasteiger partial charge in [0.25, 0.3) is 0 Å². The highest BCUT2D eigenvalue weighted by Gasteiger charge is 2.16. The number of aryl methyl sites for hydroxylation is 1. The molecule has 2 rings (SSSR count). The van der Waals surface area contributed by atoms with E-state index in [1.807, 2.05) is 0 Å². The predicted octanol–water partition coefficient (Wildman–Crippen LogP) is 1.06. The molecule has 1 aliphatic rings. The first-order valence-electron chi connectivity index (χ1n) is 6.10. The van der Waals surface area contributed by atoms with Gasteiger partial charge in [-0.1, -0.05) is 12.1 Å². The Kier molecular flexibility index (Phi) is 4.18. The maximum absolute atomic E-state index is 11.3. The van der Waals surface area contributed by atoms with E-state index in [2.05, 4.69) is 30.0 Å². The first-order valence-corrected chi connectivity index (χ1v) is 7.59. The van der Waals surface area contributed by atoms with Crippen LogP contribution >= 0.6 is 0 Å². The Morgan fingerprint density at radius 3 is 2.65 bits per heavy atom. The summed E-state index contributed by atoms with van der Waals surface area (Å²) in [4.78, 5) is 2.34. The van der Waals surface area contributed by atoms with Crippen molar-refractivity contribution in [2.75, 3.05) is 36.0 Å². The topological polar surface area (TPSA) is 46.3 Å². The molecule has 2 N–H and O–H groups in total. The third kappa shape index (κ3) is 3.07. The minimum atomic E-state index is -0.607. The number of nitrogens with zero attached hydrogens (tertiary/aromatic N) is 1. The average Bonchev–Trinajstić information content (AvgIpc) is 2.31. The van der Waals surface area contributed by atoms with Crippen LogP contribution in [0.1, 0.15) is 11.1 Å². The van der Waals surface area contributed by atoms with Crippen LogP contribution in [0.3, 0.4) is 0 Å². The SMILES string of the molecule is Cc1cc(CCN)ccc1N1CCS(=O)CC1. The van der Waals surface area contributed by atoms with Gasteiger partial charge in [-0.25, -0.2) is 0 Å². The lowest BCUT2D eigenvalue weighted by molar-refractivity contribution is 0.673. The molecule has 0 aliphatic carbocycles. The highest BCUT2D eigenvalue weighted by molar-refractivity contribution is 7.85. The molecule has 94 valence electrons. The molecule has 1 heterocycles. The van der Waals surface area contributed by atoms with Crippen LogP contribution < -0.4 is 10.6 Å². The summed E-state index contributed by atoms with van der Waals surface area (Å²) in [5.74, 6) is 1.59. The lowest BCUT2D eigenvalue weighted by Crippen LogP contribution is -2.38. The quantitative estimate of drug-likeness (QED) is 0.875. The third-order valence-electron chi connectivity index (χ3n) is 3.21. The van der Waals surface area contributed by atoms with Crippen LogP contribution in [-0.4, -0.2) is 35.3 Å². The van der Waals surface area contributed by atoms with Gasteiger partial charge in [0.1, 0.15) is 0 Å². The van der Waals surface area contributed by atoms with Crippen LogP contribution in [0, 0.1) is 6.92 Å². The van der Waals surface area contributed by atoms with E-state index in [9.17, 15) is 4.21 Å². The largest absolute Gasteiger partial charge is 0.369 e. The number of anilines is 1. The van der Waals surface area contributed by atoms with Gasteiger partial charge in [0.15, 0.2) is 0 Å². The number of benzene rings is 1. The Bertz CT molecular complexity index is 410. The van der Waals surface area contributed by atoms with Crippen molar-refractivity contribution in [3.63, 3.8) is 0 Å². The summed E-state index contributed by atoms with van der Waals surface area (Å²) in [5, 5.41) is 0. The number of rotatable bonds is 3. The smallest absolute Gasteiger partial charge is 0.0411 e. The number of hydrogen-bond donors (Lipinski definition) is 1. The summed E-state index contributed by atoms with van der Waals surface area (Å²) in [6.45, 7) is 4.65. The number of hydrogen-bond acceptors (Lipinski definition) is 3. The Morgan fingerprint density at radius 1 is 1.35 bits per heavy atom. The molecule has 4 heteroatoms. The molecular formula is C13H20N2OS. The van der Waals surface area contributed by atoms with Crippen molar-refractivity contribution in [1.29, 1.82) is 0 Å². The fraction of sp³-hybridized carbons (Fsp3) is 0.538. The predicted molar refractivity (Wildman–Crippen MR) is 74.0 cm³/mol. The van der Waals surface area contributed by atoms with Crippen LogP contribution in [0.4, 0.5) is 5.69 Å². The van der Waals surface area contributed by atoms with Crippen molar-refractivity contribution >= 4 is 16.5 Å². The molecule has 1 aromatic carbocycles. The highest BCUT2D eigenvalue weighted by Crippen LogP contribution is 2.22. The van der Waals surface area contributed by atoms with Gasteiger partial charge in [-0.3, -0.25) is 4.21 Å². The van der Waals surface area contributed by atoms with E-state index >= 15 is 0 Å². The third-order valence-corrected chi connectivity index (χ3v) is 4.49. The second-order valence-corrected chi connectivity index (χ2v) is 6.19. The van der Waals surface area contributed by atoms with E-state index in [0.717, 1.165) is 31.0 Å². The van der Waals surface area contributed by atoms with Gasteiger partial charge < -0.3 is 10.6 Å². The molecule has 0 saturated carbocycles. The summed E-state index contributed by atoms with van der Waals surface area (Å²) in [6.07, 6.45) is 0.936. The van der Waals surface area contributed by atoms with Crippen molar-refractivity contribution in [3.8, 4) is 0 Å². The lowest BCUT2D eigenvalue weighted by atomic mass is 10.1. The summed E-state index contributed by atoms with van der Waals surface area (Å²) in [7, 11) is -0.607. The summed E-state index contributed by atoms with van der Waals surface area (Å²) in [5.41, 5.74) is 9.44. The normalized spacial score (nSPS) is 17.4. The molecule has 1 aromatic rings. The zero-order valence-electron chi connectivity index (χ0n) is 10.3. The Morgan fingerprint density at radius 2 is 2.06 bits per heavy atom. The van der Waals surface area contributed by atoms with Crippen LogP contribution in [-0.2, 0) is 17.2 Å². The van der Waals surface area contributed by atoms with E-state index < -0.39 is 10.8 Å². The molecule has 0 unspecified atom stereocenters. The van der Waals surface area contributed by atoms with Gasteiger partial charge in [-0.15, -0.1) is 0 Å². The molecule has 0 atom stereocenters. The molecule has 0 radical (unpaired) electrons. The molecule has 0 aromatic heterocycles. The van der Waals surface area contributed by atoms with Crippen LogP contribution in [0.15, 0.2) is 18.2 Å². The zero-order valence-corrected chi connectivity index (χ0v) is 11.1. The first-order chi connectivity index (χ1) is 8.20. The standard InChI is InChI=1S/C13H20N2OS/c1-11-10-12(4-5-14)2-3-13(11)15-6-8-17(16)9-7-15/h2-3,10H,4-9,14H2,1H3. The molecule has 17 heavy (non-hydrogen) atoms. The Labute approximate surface area is 105 Å². The van der Waals surface area contributed by atoms with E-state index in [1.165, 1.54) is 16.8 Å². The maximum Gasteiger partial charge on any atom is 0.0411 e. The molecule has 0 spiro atoms. The molecule has 1 saturated heterocycles. The Hall–Kier alpha value is -0.870. The van der Waals surface area contributed by atoms with E-state index in [4.69, 9.17) is 5.73 Å². The van der Waals surface area contributed by atoms with Crippen molar-refractivity contribution in [1.82, 2.24) is 0 Å². The van der Waals surface area contributed by atoms with E-state index in [0.29, 0.717) is 6.54 Å². The van der Waals surface area contributed by atoms with E-state index in [-0.39, 0.29) is 0 Å². The minimum Gasteiger partial charge on any atom is -0.369 e. The van der Waals surface area contributed by atoms with Gasteiger partial charge in [-0.2, -0.15) is 0 Å². The molecule has 1 aliphatic heterocycles. The second kappa shape index (κ2) is 5.65. The van der Waals surface area contributed by atoms with Gasteiger partial charge in [0, 0.05) is 41.1 Å². The fourth-order valence-corrected chi connectivity index (χ4v) is 3.33. The second-order valence-electron chi connectivity index (χ2n) is 4.49. The molecule has 1 fully saturated rings. The van der Waals surface area contributed by atoms with E-state index in [1.54, 1.807) is 0 Å². The maximum atomic E-state index is 11.3. The van der Waals surface area contributed by atoms with Crippen LogP contribution in [0.5, 0.6) is 0 Å². The Balaban J connectivity index is 2.13. The van der Waals surface area contributed by atoms with Crippen molar-refractivity contribution in [2.24, 2.45) is 5.73 Å².